The largest absolute Gasteiger partial charge is 0.330 e. The Bertz CT molecular complexity index is 358. The molecule has 92 valence electrons. The first kappa shape index (κ1) is 13.7. The lowest BCUT2D eigenvalue weighted by Gasteiger charge is -2.21. The lowest BCUT2D eigenvalue weighted by Crippen LogP contribution is -2.25. The van der Waals surface area contributed by atoms with E-state index in [0.29, 0.717) is 0 Å². The number of nitrogens with two attached hydrogens (primary N) is 1. The van der Waals surface area contributed by atoms with Crippen molar-refractivity contribution in [2.45, 2.75) is 53.4 Å². The van der Waals surface area contributed by atoms with Crippen LogP contribution in [-0.4, -0.2) is 11.5 Å². The van der Waals surface area contributed by atoms with Gasteiger partial charge in [-0.1, -0.05) is 34.6 Å². The number of hydrogen-bond acceptors (Lipinski definition) is 3. The highest BCUT2D eigenvalue weighted by atomic mass is 32.1. The second-order valence-electron chi connectivity index (χ2n) is 6.32. The van der Waals surface area contributed by atoms with Crippen molar-refractivity contribution in [3.8, 4) is 0 Å². The van der Waals surface area contributed by atoms with Gasteiger partial charge in [-0.05, 0) is 25.3 Å². The number of aromatic nitrogens is 1. The zero-order valence-corrected chi connectivity index (χ0v) is 12.2. The fourth-order valence-corrected chi connectivity index (χ4v) is 2.80. The number of rotatable bonds is 3. The predicted molar refractivity (Wildman–Crippen MR) is 72.1 cm³/mol. The number of aryl methyl sites for hydroxylation is 1. The fourth-order valence-electron chi connectivity index (χ4n) is 1.42. The van der Waals surface area contributed by atoms with E-state index in [0.717, 1.165) is 13.0 Å². The van der Waals surface area contributed by atoms with Crippen molar-refractivity contribution in [2.75, 3.05) is 6.54 Å². The van der Waals surface area contributed by atoms with Gasteiger partial charge in [0.25, 0.3) is 0 Å². The molecule has 2 N–H and O–H groups in total. The maximum Gasteiger partial charge on any atom is 0.0984 e. The van der Waals surface area contributed by atoms with Gasteiger partial charge < -0.3 is 5.73 Å². The summed E-state index contributed by atoms with van der Waals surface area (Å²) >= 11 is 1.84. The van der Waals surface area contributed by atoms with Crippen LogP contribution >= 0.6 is 11.3 Å². The minimum Gasteiger partial charge on any atom is -0.330 e. The molecule has 3 heteroatoms. The minimum absolute atomic E-state index is 0.153. The Morgan fingerprint density at radius 2 is 1.75 bits per heavy atom. The van der Waals surface area contributed by atoms with E-state index < -0.39 is 0 Å². The number of nitrogens with zero attached hydrogens (tertiary/aromatic N) is 1. The van der Waals surface area contributed by atoms with Gasteiger partial charge in [-0.3, -0.25) is 0 Å². The Kier molecular flexibility index (Phi) is 3.80. The van der Waals surface area contributed by atoms with Crippen LogP contribution in [0.15, 0.2) is 0 Å². The van der Waals surface area contributed by atoms with E-state index in [1.165, 1.54) is 15.6 Å². The zero-order valence-electron chi connectivity index (χ0n) is 11.3. The molecule has 1 aromatic heterocycles. The highest BCUT2D eigenvalue weighted by Crippen LogP contribution is 2.32. The van der Waals surface area contributed by atoms with Crippen LogP contribution in [0.3, 0.4) is 0 Å². The standard InChI is InChI=1S/C13H24N2S/c1-9-10(7-13(5,6)8-14)16-11(15-9)12(2,3)4/h7-8,14H2,1-6H3. The summed E-state index contributed by atoms with van der Waals surface area (Å²) in [7, 11) is 0. The smallest absolute Gasteiger partial charge is 0.0984 e. The quantitative estimate of drug-likeness (QED) is 0.880. The minimum atomic E-state index is 0.153. The molecule has 1 heterocycles. The highest BCUT2D eigenvalue weighted by Gasteiger charge is 2.23. The highest BCUT2D eigenvalue weighted by molar-refractivity contribution is 7.11. The molecule has 1 rings (SSSR count). The van der Waals surface area contributed by atoms with Crippen molar-refractivity contribution >= 4 is 11.3 Å². The summed E-state index contributed by atoms with van der Waals surface area (Å²) in [5.74, 6) is 0. The SMILES string of the molecule is Cc1nc(C(C)(C)C)sc1CC(C)(C)CN. The summed E-state index contributed by atoms with van der Waals surface area (Å²) in [6.07, 6.45) is 1.03. The van der Waals surface area contributed by atoms with E-state index in [1.807, 2.05) is 11.3 Å². The lowest BCUT2D eigenvalue weighted by molar-refractivity contribution is 0.379. The summed E-state index contributed by atoms with van der Waals surface area (Å²) in [5.41, 5.74) is 7.28. The first-order valence-corrected chi connectivity index (χ1v) is 6.64. The number of hydrogen-bond donors (Lipinski definition) is 1. The lowest BCUT2D eigenvalue weighted by atomic mass is 9.88. The second kappa shape index (κ2) is 4.46. The molecule has 2 nitrogen and oxygen atoms in total. The van der Waals surface area contributed by atoms with E-state index in [9.17, 15) is 0 Å². The molecule has 0 bridgehead atoms. The van der Waals surface area contributed by atoms with Crippen molar-refractivity contribution in [1.82, 2.24) is 4.98 Å². The van der Waals surface area contributed by atoms with Gasteiger partial charge in [-0.25, -0.2) is 4.98 Å². The van der Waals surface area contributed by atoms with Crippen LogP contribution in [0.5, 0.6) is 0 Å². The Hall–Kier alpha value is -0.410. The molecule has 0 atom stereocenters. The summed E-state index contributed by atoms with van der Waals surface area (Å²) in [6.45, 7) is 13.9. The fraction of sp³-hybridized carbons (Fsp3) is 0.769. The molecule has 0 aromatic carbocycles. The molecule has 0 fully saturated rings. The van der Waals surface area contributed by atoms with Gasteiger partial charge in [0, 0.05) is 10.3 Å². The normalized spacial score (nSPS) is 13.2. The summed E-state index contributed by atoms with van der Waals surface area (Å²) < 4.78 is 0. The van der Waals surface area contributed by atoms with Crippen LogP contribution in [0.4, 0.5) is 0 Å². The monoisotopic (exact) mass is 240 g/mol. The average molecular weight is 240 g/mol. The molecule has 0 aliphatic carbocycles. The zero-order chi connectivity index (χ0) is 12.6. The third kappa shape index (κ3) is 3.29. The van der Waals surface area contributed by atoms with Crippen LogP contribution in [0.1, 0.15) is 50.2 Å². The molecule has 0 spiro atoms. The topological polar surface area (TPSA) is 38.9 Å². The van der Waals surface area contributed by atoms with Crippen molar-refractivity contribution < 1.29 is 0 Å². The predicted octanol–water partition coefficient (Wildman–Crippen LogP) is 3.28. The third-order valence-corrected chi connectivity index (χ3v) is 4.31. The van der Waals surface area contributed by atoms with Gasteiger partial charge >= 0.3 is 0 Å². The Balaban J connectivity index is 2.95. The molecule has 0 saturated carbocycles. The van der Waals surface area contributed by atoms with Crippen molar-refractivity contribution in [3.63, 3.8) is 0 Å². The summed E-state index contributed by atoms with van der Waals surface area (Å²) in [6, 6.07) is 0. The van der Waals surface area contributed by atoms with Crippen LogP contribution in [0.2, 0.25) is 0 Å². The van der Waals surface area contributed by atoms with E-state index in [4.69, 9.17) is 5.73 Å². The van der Waals surface area contributed by atoms with Gasteiger partial charge in [0.1, 0.15) is 0 Å². The van der Waals surface area contributed by atoms with Gasteiger partial charge in [0.05, 0.1) is 10.7 Å². The second-order valence-corrected chi connectivity index (χ2v) is 7.41. The van der Waals surface area contributed by atoms with Crippen LogP contribution < -0.4 is 5.73 Å². The van der Waals surface area contributed by atoms with Crippen molar-refractivity contribution in [3.05, 3.63) is 15.6 Å². The van der Waals surface area contributed by atoms with E-state index >= 15 is 0 Å². The molecule has 16 heavy (non-hydrogen) atoms. The van der Waals surface area contributed by atoms with E-state index in [-0.39, 0.29) is 10.8 Å². The van der Waals surface area contributed by atoms with Crippen LogP contribution in [-0.2, 0) is 11.8 Å². The first-order chi connectivity index (χ1) is 7.15. The Morgan fingerprint density at radius 3 is 2.12 bits per heavy atom. The molecule has 0 unspecified atom stereocenters. The van der Waals surface area contributed by atoms with Gasteiger partial charge in [-0.2, -0.15) is 0 Å². The number of thiazole rings is 1. The van der Waals surface area contributed by atoms with Crippen LogP contribution in [0, 0.1) is 12.3 Å². The first-order valence-electron chi connectivity index (χ1n) is 5.82. The molecular formula is C13H24N2S. The third-order valence-electron chi connectivity index (χ3n) is 2.73. The van der Waals surface area contributed by atoms with Crippen molar-refractivity contribution in [2.24, 2.45) is 11.1 Å². The van der Waals surface area contributed by atoms with Crippen LogP contribution in [0.25, 0.3) is 0 Å². The van der Waals surface area contributed by atoms with Gasteiger partial charge in [-0.15, -0.1) is 11.3 Å². The molecule has 0 aliphatic heterocycles. The summed E-state index contributed by atoms with van der Waals surface area (Å²) in [4.78, 5) is 6.07. The molecule has 0 aliphatic rings. The van der Waals surface area contributed by atoms with E-state index in [2.05, 4.69) is 46.5 Å². The molecule has 0 saturated heterocycles. The van der Waals surface area contributed by atoms with Gasteiger partial charge in [0.15, 0.2) is 0 Å². The van der Waals surface area contributed by atoms with Gasteiger partial charge in [0.2, 0.25) is 0 Å². The molecular weight excluding hydrogens is 216 g/mol. The Morgan fingerprint density at radius 1 is 1.19 bits per heavy atom. The molecule has 1 aromatic rings. The average Bonchev–Trinajstić information content (AvgIpc) is 2.47. The maximum absolute atomic E-state index is 5.78. The molecule has 0 amide bonds. The van der Waals surface area contributed by atoms with E-state index in [1.54, 1.807) is 0 Å². The molecule has 0 radical (unpaired) electrons. The van der Waals surface area contributed by atoms with Crippen molar-refractivity contribution in [1.29, 1.82) is 0 Å². The maximum atomic E-state index is 5.78. The Labute approximate surface area is 103 Å². The summed E-state index contributed by atoms with van der Waals surface area (Å²) in [5, 5.41) is 1.23.